The van der Waals surface area contributed by atoms with Gasteiger partial charge >= 0.3 is 5.97 Å². The van der Waals surface area contributed by atoms with E-state index in [1.165, 1.54) is 4.90 Å². The Bertz CT molecular complexity index is 2330. The third-order valence-corrected chi connectivity index (χ3v) is 13.4. The van der Waals surface area contributed by atoms with Crippen LogP contribution >= 0.6 is 0 Å². The predicted molar refractivity (Wildman–Crippen MR) is 237 cm³/mol. The molecule has 0 aliphatic carbocycles. The van der Waals surface area contributed by atoms with Crippen LogP contribution in [-0.2, 0) is 60.6 Å². The number of fused-ring (bicyclic) bond motifs is 5. The average Bonchev–Trinajstić information content (AvgIpc) is 3.80. The fourth-order valence-corrected chi connectivity index (χ4v) is 9.15. The average molecular weight is 1040 g/mol. The van der Waals surface area contributed by atoms with Crippen molar-refractivity contribution < 1.29 is 119 Å². The highest BCUT2D eigenvalue weighted by atomic mass is 16.8. The number of carbonyl (C=O) groups excluding carboxylic acids is 1. The summed E-state index contributed by atoms with van der Waals surface area (Å²) in [5, 5.41) is 155. The van der Waals surface area contributed by atoms with E-state index < -0.39 is 161 Å². The summed E-state index contributed by atoms with van der Waals surface area (Å²) in [6.07, 6.45) is -35.3. The second-order valence-corrected chi connectivity index (χ2v) is 18.2. The summed E-state index contributed by atoms with van der Waals surface area (Å²) in [6.45, 7) is -2.92. The number of amides is 1. The maximum absolute atomic E-state index is 13.4. The summed E-state index contributed by atoms with van der Waals surface area (Å²) in [6, 6.07) is 14.2. The minimum absolute atomic E-state index is 0.00266. The van der Waals surface area contributed by atoms with Gasteiger partial charge in [-0.05, 0) is 11.6 Å². The smallest absolute Gasteiger partial charge is 0.303 e. The Kier molecular flexibility index (Phi) is 17.8. The molecule has 4 saturated heterocycles. The Hall–Kier alpha value is -4.32. The quantitative estimate of drug-likeness (QED) is 0.0598. The molecule has 20 atom stereocenters. The molecule has 3 aromatic rings. The fraction of sp³-hybridized carbons (Fsp3) is 0.644. The summed E-state index contributed by atoms with van der Waals surface area (Å²) in [7, 11) is 0. The van der Waals surface area contributed by atoms with E-state index in [4.69, 9.17) is 37.9 Å². The van der Waals surface area contributed by atoms with Gasteiger partial charge < -0.3 is 114 Å². The van der Waals surface area contributed by atoms with Crippen LogP contribution in [0.4, 0.5) is 5.69 Å². The van der Waals surface area contributed by atoms with E-state index in [-0.39, 0.29) is 32.5 Å². The molecule has 0 spiro atoms. The summed E-state index contributed by atoms with van der Waals surface area (Å²) >= 11 is 0. The van der Waals surface area contributed by atoms with Gasteiger partial charge in [0.05, 0.1) is 63.9 Å². The number of hydrogen-bond acceptors (Lipinski definition) is 25. The van der Waals surface area contributed by atoms with E-state index in [1.807, 2.05) is 12.1 Å². The monoisotopic (exact) mass is 1040 g/mol. The number of carboxylic acids is 1. The Morgan fingerprint density at radius 1 is 0.548 bits per heavy atom. The standard InChI is InChI=1S/C45H60N4O24/c50-14-22-30(54)34(58)39(63)43(70-22)67-16-24-32(56)36(60)41(65)45(72-24)69-17-25-33(57)37(61)40(64)44(73-25)68-15-23-31(55)35(59)38(62)42(71-23)66-12-11-49-29-19-6-2-1-5-18(19)13-48(26(51)9-10-27(52)53)21-8-4-3-7-20(21)28(29)46-47-49/h1-8,22-25,30-45,50,54-65H,9-17H2,(H,52,53)/t22-,23-,24-,25-,30-,31-,32-,33-,34+,35+,36+,37+,38-,39-,40-,41-,42-,43-,44-,45-/m1/s1. The first kappa shape index (κ1) is 54.9. The third kappa shape index (κ3) is 11.6. The van der Waals surface area contributed by atoms with Crippen LogP contribution in [0, 0.1) is 0 Å². The van der Waals surface area contributed by atoms with Crippen LogP contribution in [0.2, 0.25) is 0 Å². The topological polar surface area (TPSA) is 425 Å². The van der Waals surface area contributed by atoms with E-state index in [0.29, 0.717) is 33.8 Å². The second-order valence-electron chi connectivity index (χ2n) is 18.2. The Morgan fingerprint density at radius 2 is 0.986 bits per heavy atom. The number of carbonyl (C=O) groups is 2. The number of ether oxygens (including phenoxy) is 8. The van der Waals surface area contributed by atoms with Gasteiger partial charge in [0.1, 0.15) is 103 Å². The number of aliphatic carboxylic acids is 1. The van der Waals surface area contributed by atoms with E-state index in [2.05, 4.69) is 10.3 Å². The van der Waals surface area contributed by atoms with Gasteiger partial charge in [-0.2, -0.15) is 0 Å². The number of nitrogens with zero attached hydrogens (tertiary/aromatic N) is 4. The van der Waals surface area contributed by atoms with Crippen LogP contribution in [0.15, 0.2) is 48.5 Å². The van der Waals surface area contributed by atoms with Gasteiger partial charge in [-0.25, -0.2) is 4.68 Å². The molecule has 0 unspecified atom stereocenters. The van der Waals surface area contributed by atoms with Crippen LogP contribution in [0.5, 0.6) is 0 Å². The molecule has 28 heteroatoms. The van der Waals surface area contributed by atoms with Gasteiger partial charge in [-0.15, -0.1) is 5.10 Å². The molecule has 5 aliphatic heterocycles. The molecular weight excluding hydrogens is 980 g/mol. The number of rotatable bonds is 17. The largest absolute Gasteiger partial charge is 0.481 e. The minimum Gasteiger partial charge on any atom is -0.481 e. The molecule has 404 valence electrons. The number of benzene rings is 2. The van der Waals surface area contributed by atoms with Gasteiger partial charge in [0, 0.05) is 17.5 Å². The maximum Gasteiger partial charge on any atom is 0.303 e. The van der Waals surface area contributed by atoms with Gasteiger partial charge in [0.25, 0.3) is 0 Å². The summed E-state index contributed by atoms with van der Waals surface area (Å²) in [5.74, 6) is -1.51. The molecule has 6 heterocycles. The van der Waals surface area contributed by atoms with Crippen LogP contribution in [-0.4, -0.2) is 254 Å². The fourth-order valence-electron chi connectivity index (χ4n) is 9.15. The van der Waals surface area contributed by atoms with E-state index in [0.717, 1.165) is 0 Å². The first-order valence-electron chi connectivity index (χ1n) is 23.4. The van der Waals surface area contributed by atoms with Gasteiger partial charge in [-0.3, -0.25) is 9.59 Å². The molecule has 2 aromatic carbocycles. The van der Waals surface area contributed by atoms with Gasteiger partial charge in [0.15, 0.2) is 25.2 Å². The molecule has 73 heavy (non-hydrogen) atoms. The SMILES string of the molecule is O=C(O)CCC(=O)N1Cc2ccccc2-c2c(nnn2CCO[C@@H]2O[C@H](CO[C@@H]3O[C@H](CO[C@@H]4O[C@H](CO[C@@H]5O[C@H](CO)[C@@H](O)[C@H](O)[C@H]5O)[C@@H](O)[C@H](O)[C@H]4O)[C@@H](O)[C@H](O)[C@H]3O)[C@@H](O)[C@H](O)[C@H]2O)-c2ccccc21. The summed E-state index contributed by atoms with van der Waals surface area (Å²) < 4.78 is 46.5. The molecule has 5 aliphatic rings. The van der Waals surface area contributed by atoms with Crippen LogP contribution in [0.1, 0.15) is 18.4 Å². The van der Waals surface area contributed by atoms with Crippen molar-refractivity contribution in [2.75, 3.05) is 37.9 Å². The molecule has 28 nitrogen and oxygen atoms in total. The van der Waals surface area contributed by atoms with Crippen LogP contribution < -0.4 is 4.90 Å². The molecule has 0 radical (unpaired) electrons. The predicted octanol–water partition coefficient (Wildman–Crippen LogP) is -6.39. The third-order valence-electron chi connectivity index (χ3n) is 13.4. The summed E-state index contributed by atoms with van der Waals surface area (Å²) in [4.78, 5) is 26.3. The van der Waals surface area contributed by atoms with Crippen molar-refractivity contribution in [2.45, 2.75) is 149 Å². The Balaban J connectivity index is 0.881. The van der Waals surface area contributed by atoms with Crippen LogP contribution in [0.3, 0.4) is 0 Å². The molecular formula is C45H60N4O24. The lowest BCUT2D eigenvalue weighted by Crippen LogP contribution is -2.63. The van der Waals surface area contributed by atoms with Crippen molar-refractivity contribution in [1.29, 1.82) is 0 Å². The molecule has 1 aromatic heterocycles. The number of para-hydroxylation sites is 1. The maximum atomic E-state index is 13.4. The number of aliphatic hydroxyl groups excluding tert-OH is 13. The van der Waals surface area contributed by atoms with E-state index in [1.54, 1.807) is 41.1 Å². The van der Waals surface area contributed by atoms with Crippen molar-refractivity contribution in [3.63, 3.8) is 0 Å². The van der Waals surface area contributed by atoms with E-state index >= 15 is 0 Å². The first-order chi connectivity index (χ1) is 34.9. The first-order valence-corrected chi connectivity index (χ1v) is 23.4. The number of carboxylic acid groups (broad SMARTS) is 1. The van der Waals surface area contributed by atoms with Gasteiger partial charge in [-0.1, -0.05) is 47.7 Å². The molecule has 0 bridgehead atoms. The second kappa shape index (κ2) is 23.7. The highest BCUT2D eigenvalue weighted by Crippen LogP contribution is 2.41. The van der Waals surface area contributed by atoms with Crippen molar-refractivity contribution in [1.82, 2.24) is 15.0 Å². The molecule has 8 rings (SSSR count). The van der Waals surface area contributed by atoms with E-state index in [9.17, 15) is 81.1 Å². The number of aromatic nitrogens is 3. The molecule has 1 amide bonds. The van der Waals surface area contributed by atoms with Crippen LogP contribution in [0.25, 0.3) is 22.5 Å². The number of aliphatic hydroxyl groups is 13. The molecule has 14 N–H and O–H groups in total. The number of anilines is 1. The van der Waals surface area contributed by atoms with Crippen molar-refractivity contribution in [3.05, 3.63) is 54.1 Å². The van der Waals surface area contributed by atoms with Crippen molar-refractivity contribution in [3.8, 4) is 22.5 Å². The molecule has 0 saturated carbocycles. The minimum atomic E-state index is -1.95. The highest BCUT2D eigenvalue weighted by Gasteiger charge is 2.51. The van der Waals surface area contributed by atoms with Gasteiger partial charge in [0.2, 0.25) is 5.91 Å². The lowest BCUT2D eigenvalue weighted by atomic mass is 9.95. The highest BCUT2D eigenvalue weighted by molar-refractivity contribution is 6.00. The Labute approximate surface area is 414 Å². The zero-order valence-corrected chi connectivity index (χ0v) is 38.7. The van der Waals surface area contributed by atoms with Crippen molar-refractivity contribution in [2.24, 2.45) is 0 Å². The lowest BCUT2D eigenvalue weighted by molar-refractivity contribution is -0.347. The zero-order chi connectivity index (χ0) is 52.4. The zero-order valence-electron chi connectivity index (χ0n) is 38.7. The summed E-state index contributed by atoms with van der Waals surface area (Å²) in [5.41, 5.74) is 3.38. The number of hydrogen-bond donors (Lipinski definition) is 14. The van der Waals surface area contributed by atoms with Crippen molar-refractivity contribution >= 4 is 17.6 Å². The normalized spacial score (nSPS) is 37.6. The lowest BCUT2D eigenvalue weighted by Gasteiger charge is -2.44. The Morgan fingerprint density at radius 3 is 1.48 bits per heavy atom. The molecule has 4 fully saturated rings.